The minimum atomic E-state index is -0.503. The van der Waals surface area contributed by atoms with Gasteiger partial charge in [0.1, 0.15) is 0 Å². The lowest BCUT2D eigenvalue weighted by Gasteiger charge is -2.30. The van der Waals surface area contributed by atoms with E-state index in [0.29, 0.717) is 5.56 Å². The van der Waals surface area contributed by atoms with E-state index >= 15 is 0 Å². The van der Waals surface area contributed by atoms with Gasteiger partial charge in [-0.05, 0) is 60.9 Å². The summed E-state index contributed by atoms with van der Waals surface area (Å²) < 4.78 is 6.48. The Bertz CT molecular complexity index is 1200. The molecule has 1 aromatic heterocycles. The number of hydrogen-bond donors (Lipinski definition) is 2. The first-order valence-electron chi connectivity index (χ1n) is 10.6. The monoisotopic (exact) mass is 448 g/mol. The van der Waals surface area contributed by atoms with Crippen LogP contribution >= 0.6 is 11.8 Å². The number of rotatable bonds is 3. The lowest BCUT2D eigenvalue weighted by molar-refractivity contribution is 0.0349. The second-order valence-corrected chi connectivity index (χ2v) is 9.21. The second kappa shape index (κ2) is 8.41. The quantitative estimate of drug-likeness (QED) is 0.442. The molecular weight excluding hydrogens is 424 g/mol. The van der Waals surface area contributed by atoms with Crippen LogP contribution in [0.3, 0.4) is 0 Å². The molecule has 2 aliphatic rings. The van der Waals surface area contributed by atoms with Crippen LogP contribution in [0.2, 0.25) is 0 Å². The second-order valence-electron chi connectivity index (χ2n) is 8.13. The maximum absolute atomic E-state index is 12.8. The molecule has 2 aliphatic heterocycles. The van der Waals surface area contributed by atoms with Gasteiger partial charge in [-0.1, -0.05) is 35.5 Å². The van der Waals surface area contributed by atoms with E-state index in [-0.39, 0.29) is 18.5 Å². The molecule has 0 saturated carbocycles. The lowest BCUT2D eigenvalue weighted by atomic mass is 9.87. The molecule has 1 fully saturated rings. The van der Waals surface area contributed by atoms with Gasteiger partial charge in [-0.2, -0.15) is 0 Å². The summed E-state index contributed by atoms with van der Waals surface area (Å²) in [4.78, 5) is 17.5. The van der Waals surface area contributed by atoms with Crippen LogP contribution in [0.1, 0.15) is 34.3 Å². The van der Waals surface area contributed by atoms with Crippen LogP contribution in [0.15, 0.2) is 70.0 Å². The molecule has 2 N–H and O–H groups in total. The highest BCUT2D eigenvalue weighted by atomic mass is 32.2. The summed E-state index contributed by atoms with van der Waals surface area (Å²) in [5, 5.41) is 19.5. The van der Waals surface area contributed by atoms with Crippen molar-refractivity contribution in [3.63, 3.8) is 0 Å². The average molecular weight is 449 g/mol. The minimum Gasteiger partial charge on any atom is -0.494 e. The summed E-state index contributed by atoms with van der Waals surface area (Å²) in [5.41, 5.74) is 5.38. The number of carbonyl (C=O) groups is 1. The molecule has 0 amide bonds. The van der Waals surface area contributed by atoms with Crippen LogP contribution in [0, 0.1) is 0 Å². The van der Waals surface area contributed by atoms with Crippen LogP contribution in [-0.4, -0.2) is 45.8 Å². The third kappa shape index (κ3) is 3.78. The van der Waals surface area contributed by atoms with Gasteiger partial charge in [0, 0.05) is 35.0 Å². The molecule has 3 heterocycles. The Kier molecular flexibility index (Phi) is 5.45. The summed E-state index contributed by atoms with van der Waals surface area (Å²) in [7, 11) is 2.15. The van der Waals surface area contributed by atoms with Gasteiger partial charge >= 0.3 is 5.97 Å². The third-order valence-electron chi connectivity index (χ3n) is 6.06. The summed E-state index contributed by atoms with van der Waals surface area (Å²) in [6.07, 6.45) is 2.01. The first kappa shape index (κ1) is 20.7. The Labute approximate surface area is 190 Å². The molecular formula is C25H24N2O4S. The summed E-state index contributed by atoms with van der Waals surface area (Å²) in [6.45, 7) is 1.78. The third-order valence-corrected chi connectivity index (χ3v) is 7.22. The van der Waals surface area contributed by atoms with Crippen molar-refractivity contribution >= 4 is 23.3 Å². The van der Waals surface area contributed by atoms with E-state index < -0.39 is 5.97 Å². The van der Waals surface area contributed by atoms with Crippen LogP contribution in [-0.2, 0) is 11.5 Å². The van der Waals surface area contributed by atoms with E-state index in [1.807, 2.05) is 12.1 Å². The number of carbonyl (C=O) groups excluding carboxylic acids is 1. The van der Waals surface area contributed by atoms with E-state index in [1.54, 1.807) is 17.8 Å². The van der Waals surface area contributed by atoms with Gasteiger partial charge in [-0.15, -0.1) is 0 Å². The van der Waals surface area contributed by atoms with Crippen molar-refractivity contribution in [1.29, 1.82) is 0 Å². The van der Waals surface area contributed by atoms with Crippen molar-refractivity contribution in [1.82, 2.24) is 9.47 Å². The van der Waals surface area contributed by atoms with E-state index in [2.05, 4.69) is 36.2 Å². The van der Waals surface area contributed by atoms with Crippen molar-refractivity contribution in [2.45, 2.75) is 29.4 Å². The largest absolute Gasteiger partial charge is 0.494 e. The van der Waals surface area contributed by atoms with Gasteiger partial charge in [-0.3, -0.25) is 0 Å². The van der Waals surface area contributed by atoms with E-state index in [4.69, 9.17) is 4.74 Å². The molecule has 0 spiro atoms. The Hall–Kier alpha value is -3.16. The Morgan fingerprint density at radius 1 is 0.969 bits per heavy atom. The number of aromatic nitrogens is 1. The number of ether oxygens (including phenoxy) is 1. The Morgan fingerprint density at radius 3 is 2.41 bits per heavy atom. The fourth-order valence-electron chi connectivity index (χ4n) is 4.27. The summed E-state index contributed by atoms with van der Waals surface area (Å²) in [5.74, 6) is -0.831. The zero-order valence-corrected chi connectivity index (χ0v) is 18.6. The molecule has 0 bridgehead atoms. The number of likely N-dealkylation sites (tertiary alicyclic amines) is 1. The van der Waals surface area contributed by atoms with Crippen molar-refractivity contribution in [3.8, 4) is 11.8 Å². The van der Waals surface area contributed by atoms with Gasteiger partial charge in [-0.25, -0.2) is 9.36 Å². The number of fused-ring (bicyclic) bond motifs is 2. The zero-order valence-electron chi connectivity index (χ0n) is 17.7. The molecule has 32 heavy (non-hydrogen) atoms. The molecule has 0 unspecified atom stereocenters. The Morgan fingerprint density at radius 2 is 1.66 bits per heavy atom. The fourth-order valence-corrected chi connectivity index (χ4v) is 5.34. The first-order chi connectivity index (χ1) is 15.5. The van der Waals surface area contributed by atoms with Gasteiger partial charge in [0.2, 0.25) is 0 Å². The average Bonchev–Trinajstić information content (AvgIpc) is 3.13. The van der Waals surface area contributed by atoms with E-state index in [0.717, 1.165) is 41.0 Å². The smallest absolute Gasteiger partial charge is 0.339 e. The Balaban J connectivity index is 1.50. The van der Waals surface area contributed by atoms with Gasteiger partial charge in [0.15, 0.2) is 18.5 Å². The standard InChI is InChI=1S/C25H24N2O4S/c1-26-12-10-16(11-13-26)24-18-4-2-3-5-20(18)32-21-7-6-17(14-19(21)24)25(30)31-15-27-22(28)8-9-23(27)29/h2-9,14,28-29H,10-13,15H2,1H3. The SMILES string of the molecule is CN1CCC(=C2c3ccccc3Sc3ccc(C(=O)OCn4c(O)ccc4O)cc32)CC1. The van der Waals surface area contributed by atoms with Crippen LogP contribution in [0.5, 0.6) is 11.8 Å². The summed E-state index contributed by atoms with van der Waals surface area (Å²) in [6, 6.07) is 16.8. The maximum Gasteiger partial charge on any atom is 0.339 e. The molecule has 6 nitrogen and oxygen atoms in total. The van der Waals surface area contributed by atoms with Gasteiger partial charge < -0.3 is 19.8 Å². The van der Waals surface area contributed by atoms with Crippen molar-refractivity contribution in [2.75, 3.05) is 20.1 Å². The van der Waals surface area contributed by atoms with Crippen LogP contribution in [0.25, 0.3) is 5.57 Å². The minimum absolute atomic E-state index is 0.164. The molecule has 0 radical (unpaired) electrons. The number of piperidine rings is 1. The highest BCUT2D eigenvalue weighted by Crippen LogP contribution is 2.48. The van der Waals surface area contributed by atoms with Crippen LogP contribution in [0.4, 0.5) is 0 Å². The molecule has 164 valence electrons. The number of hydrogen-bond acceptors (Lipinski definition) is 6. The molecule has 1 saturated heterocycles. The molecule has 0 atom stereocenters. The van der Waals surface area contributed by atoms with Gasteiger partial charge in [0.05, 0.1) is 5.56 Å². The van der Waals surface area contributed by atoms with Crippen molar-refractivity contribution in [2.24, 2.45) is 0 Å². The zero-order chi connectivity index (χ0) is 22.2. The number of nitrogens with zero attached hydrogens (tertiary/aromatic N) is 2. The van der Waals surface area contributed by atoms with E-state index in [1.165, 1.54) is 33.7 Å². The molecule has 2 aromatic carbocycles. The van der Waals surface area contributed by atoms with Gasteiger partial charge in [0.25, 0.3) is 0 Å². The number of benzene rings is 2. The highest BCUT2D eigenvalue weighted by molar-refractivity contribution is 7.99. The fraction of sp³-hybridized carbons (Fsp3) is 0.240. The molecule has 5 rings (SSSR count). The topological polar surface area (TPSA) is 74.9 Å². The normalized spacial score (nSPS) is 15.9. The highest BCUT2D eigenvalue weighted by Gasteiger charge is 2.26. The van der Waals surface area contributed by atoms with Crippen LogP contribution < -0.4 is 0 Å². The van der Waals surface area contributed by atoms with Crippen molar-refractivity contribution in [3.05, 3.63) is 76.9 Å². The maximum atomic E-state index is 12.8. The molecule has 7 heteroatoms. The molecule has 0 aliphatic carbocycles. The predicted octanol–water partition coefficient (Wildman–Crippen LogP) is 4.71. The predicted molar refractivity (Wildman–Crippen MR) is 123 cm³/mol. The molecule has 3 aromatic rings. The number of aromatic hydroxyl groups is 2. The van der Waals surface area contributed by atoms with Crippen molar-refractivity contribution < 1.29 is 19.7 Å². The summed E-state index contributed by atoms with van der Waals surface area (Å²) >= 11 is 1.72. The van der Waals surface area contributed by atoms with E-state index in [9.17, 15) is 15.0 Å². The number of esters is 1. The first-order valence-corrected chi connectivity index (χ1v) is 11.4. The lowest BCUT2D eigenvalue weighted by Crippen LogP contribution is -2.27.